The van der Waals surface area contributed by atoms with Gasteiger partial charge in [0.15, 0.2) is 0 Å². The summed E-state index contributed by atoms with van der Waals surface area (Å²) in [4.78, 5) is 0. The largest absolute Gasteiger partial charge is 0.261 e. The Labute approximate surface area is 131 Å². The summed E-state index contributed by atoms with van der Waals surface area (Å²) in [7, 11) is 0. The van der Waals surface area contributed by atoms with Crippen LogP contribution in [0.25, 0.3) is 0 Å². The molecule has 0 N–H and O–H groups in total. The zero-order valence-corrected chi connectivity index (χ0v) is 12.6. The van der Waals surface area contributed by atoms with Gasteiger partial charge < -0.3 is 0 Å². The molecule has 2 fully saturated rings. The van der Waals surface area contributed by atoms with Gasteiger partial charge in [-0.2, -0.15) is 5.10 Å². The predicted molar refractivity (Wildman–Crippen MR) is 90.0 cm³/mol. The molecule has 0 radical (unpaired) electrons. The lowest BCUT2D eigenvalue weighted by molar-refractivity contribution is 0.364. The SMILES string of the molecule is c1ccc(C2=NN(c3ccccc3)[C@@H]3[C@H]4CC[C@@H](C4)[C@H]23)cc1. The molecular formula is C20H20N2. The second kappa shape index (κ2) is 4.70. The van der Waals surface area contributed by atoms with E-state index in [1.807, 2.05) is 0 Å². The summed E-state index contributed by atoms with van der Waals surface area (Å²) in [5.74, 6) is 2.28. The van der Waals surface area contributed by atoms with Crippen molar-refractivity contribution in [3.05, 3.63) is 66.2 Å². The first-order chi connectivity index (χ1) is 10.9. The monoisotopic (exact) mass is 288 g/mol. The van der Waals surface area contributed by atoms with Crippen LogP contribution in [0.5, 0.6) is 0 Å². The molecule has 2 bridgehead atoms. The molecular weight excluding hydrogens is 268 g/mol. The van der Waals surface area contributed by atoms with Crippen LogP contribution in [-0.4, -0.2) is 11.8 Å². The van der Waals surface area contributed by atoms with E-state index in [0.717, 1.165) is 11.8 Å². The van der Waals surface area contributed by atoms with Crippen molar-refractivity contribution in [1.29, 1.82) is 0 Å². The molecule has 2 aliphatic carbocycles. The highest BCUT2D eigenvalue weighted by Gasteiger charge is 2.55. The standard InChI is InChI=1S/C20H20N2/c1-3-7-14(8-4-1)19-18-15-11-12-16(13-15)20(18)22(21-19)17-9-5-2-6-10-17/h1-10,15-16,18,20H,11-13H2/t15-,16-,18+,20+/m0/s1. The van der Waals surface area contributed by atoms with Gasteiger partial charge in [0.2, 0.25) is 0 Å². The summed E-state index contributed by atoms with van der Waals surface area (Å²) in [6.07, 6.45) is 4.16. The molecule has 2 aromatic carbocycles. The first kappa shape index (κ1) is 12.5. The Balaban J connectivity index is 1.62. The van der Waals surface area contributed by atoms with Crippen molar-refractivity contribution in [2.24, 2.45) is 22.9 Å². The summed E-state index contributed by atoms with van der Waals surface area (Å²) in [6, 6.07) is 22.1. The molecule has 0 spiro atoms. The molecule has 1 heterocycles. The Kier molecular flexibility index (Phi) is 2.66. The van der Waals surface area contributed by atoms with Crippen LogP contribution in [0, 0.1) is 17.8 Å². The Morgan fingerprint density at radius 3 is 2.27 bits per heavy atom. The molecule has 4 atom stereocenters. The number of hydrogen-bond donors (Lipinski definition) is 0. The van der Waals surface area contributed by atoms with Gasteiger partial charge in [-0.3, -0.25) is 5.01 Å². The Morgan fingerprint density at radius 1 is 0.818 bits per heavy atom. The van der Waals surface area contributed by atoms with E-state index >= 15 is 0 Å². The molecule has 2 saturated carbocycles. The van der Waals surface area contributed by atoms with Gasteiger partial charge >= 0.3 is 0 Å². The van der Waals surface area contributed by atoms with Crippen LogP contribution in [-0.2, 0) is 0 Å². The molecule has 0 saturated heterocycles. The number of hydrazone groups is 1. The fraction of sp³-hybridized carbons (Fsp3) is 0.350. The lowest BCUT2D eigenvalue weighted by atomic mass is 9.80. The summed E-state index contributed by atoms with van der Waals surface area (Å²) in [5, 5.41) is 7.43. The number of hydrogen-bond acceptors (Lipinski definition) is 2. The minimum atomic E-state index is 0.580. The number of fused-ring (bicyclic) bond motifs is 5. The summed E-state index contributed by atoms with van der Waals surface area (Å²) < 4.78 is 0. The molecule has 2 aromatic rings. The van der Waals surface area contributed by atoms with Crippen LogP contribution in [0.4, 0.5) is 5.69 Å². The maximum atomic E-state index is 5.10. The first-order valence-corrected chi connectivity index (χ1v) is 8.40. The van der Waals surface area contributed by atoms with Crippen molar-refractivity contribution < 1.29 is 0 Å². The van der Waals surface area contributed by atoms with Gasteiger partial charge in [0, 0.05) is 5.92 Å². The Hall–Kier alpha value is -2.09. The highest BCUT2D eigenvalue weighted by atomic mass is 15.5. The molecule has 2 nitrogen and oxygen atoms in total. The van der Waals surface area contributed by atoms with Crippen LogP contribution in [0.2, 0.25) is 0 Å². The number of rotatable bonds is 2. The predicted octanol–water partition coefficient (Wildman–Crippen LogP) is 4.33. The first-order valence-electron chi connectivity index (χ1n) is 8.40. The minimum Gasteiger partial charge on any atom is -0.261 e. The highest BCUT2D eigenvalue weighted by molar-refractivity contribution is 6.05. The third kappa shape index (κ3) is 1.70. The summed E-state index contributed by atoms with van der Waals surface area (Å²) >= 11 is 0. The van der Waals surface area contributed by atoms with Gasteiger partial charge in [0.05, 0.1) is 17.4 Å². The average molecular weight is 288 g/mol. The summed E-state index contributed by atoms with van der Waals surface area (Å²) in [5.41, 5.74) is 3.88. The Bertz CT molecular complexity index is 707. The maximum absolute atomic E-state index is 5.10. The maximum Gasteiger partial charge on any atom is 0.0737 e. The second-order valence-corrected chi connectivity index (χ2v) is 6.88. The minimum absolute atomic E-state index is 0.580. The van der Waals surface area contributed by atoms with Gasteiger partial charge in [0.25, 0.3) is 0 Å². The van der Waals surface area contributed by atoms with E-state index in [1.165, 1.54) is 36.2 Å². The molecule has 0 unspecified atom stereocenters. The van der Waals surface area contributed by atoms with Crippen LogP contribution in [0.15, 0.2) is 65.8 Å². The normalized spacial score (nSPS) is 32.2. The van der Waals surface area contributed by atoms with Crippen LogP contribution in [0.3, 0.4) is 0 Å². The van der Waals surface area contributed by atoms with Gasteiger partial charge in [-0.15, -0.1) is 0 Å². The highest BCUT2D eigenvalue weighted by Crippen LogP contribution is 2.54. The van der Waals surface area contributed by atoms with Crippen molar-refractivity contribution in [3.8, 4) is 0 Å². The average Bonchev–Trinajstić information content (AvgIpc) is 3.29. The Morgan fingerprint density at radius 2 is 1.50 bits per heavy atom. The third-order valence-electron chi connectivity index (χ3n) is 5.78. The quantitative estimate of drug-likeness (QED) is 0.803. The molecule has 0 amide bonds. The van der Waals surface area contributed by atoms with E-state index in [-0.39, 0.29) is 0 Å². The van der Waals surface area contributed by atoms with Crippen LogP contribution < -0.4 is 5.01 Å². The van der Waals surface area contributed by atoms with Gasteiger partial charge in [-0.25, -0.2) is 0 Å². The molecule has 2 heteroatoms. The van der Waals surface area contributed by atoms with Crippen molar-refractivity contribution in [2.75, 3.05) is 5.01 Å². The van der Waals surface area contributed by atoms with E-state index in [1.54, 1.807) is 0 Å². The fourth-order valence-electron chi connectivity index (χ4n) is 4.92. The van der Waals surface area contributed by atoms with E-state index in [9.17, 15) is 0 Å². The van der Waals surface area contributed by atoms with Crippen molar-refractivity contribution in [3.63, 3.8) is 0 Å². The molecule has 1 aliphatic heterocycles. The lowest BCUT2D eigenvalue weighted by Crippen LogP contribution is -2.38. The van der Waals surface area contributed by atoms with Gasteiger partial charge in [-0.1, -0.05) is 48.5 Å². The van der Waals surface area contributed by atoms with Crippen LogP contribution >= 0.6 is 0 Å². The number of nitrogens with zero attached hydrogens (tertiary/aromatic N) is 2. The summed E-state index contributed by atoms with van der Waals surface area (Å²) in [6.45, 7) is 0. The molecule has 22 heavy (non-hydrogen) atoms. The zero-order valence-electron chi connectivity index (χ0n) is 12.6. The smallest absolute Gasteiger partial charge is 0.0737 e. The number of para-hydroxylation sites is 1. The van der Waals surface area contributed by atoms with E-state index in [4.69, 9.17) is 5.10 Å². The van der Waals surface area contributed by atoms with E-state index in [2.05, 4.69) is 65.7 Å². The van der Waals surface area contributed by atoms with E-state index < -0.39 is 0 Å². The fourth-order valence-corrected chi connectivity index (χ4v) is 4.92. The van der Waals surface area contributed by atoms with Crippen LogP contribution in [0.1, 0.15) is 24.8 Å². The second-order valence-electron chi connectivity index (χ2n) is 6.88. The van der Waals surface area contributed by atoms with Crippen molar-refractivity contribution >= 4 is 11.4 Å². The zero-order chi connectivity index (χ0) is 14.5. The molecule has 3 aliphatic rings. The van der Waals surface area contributed by atoms with Gasteiger partial charge in [0.1, 0.15) is 0 Å². The van der Waals surface area contributed by atoms with Gasteiger partial charge in [-0.05, 0) is 48.8 Å². The molecule has 5 rings (SSSR count). The number of anilines is 1. The number of benzene rings is 2. The topological polar surface area (TPSA) is 15.6 Å². The molecule has 0 aromatic heterocycles. The van der Waals surface area contributed by atoms with Crippen molar-refractivity contribution in [2.45, 2.75) is 25.3 Å². The van der Waals surface area contributed by atoms with E-state index in [0.29, 0.717) is 12.0 Å². The third-order valence-corrected chi connectivity index (χ3v) is 5.78. The lowest BCUT2D eigenvalue weighted by Gasteiger charge is -2.31. The van der Waals surface area contributed by atoms with Crippen molar-refractivity contribution in [1.82, 2.24) is 0 Å². The molecule has 110 valence electrons.